The molecule has 3 aromatic rings. The molecule has 0 aliphatic heterocycles. The van der Waals surface area contributed by atoms with Crippen LogP contribution in [0.15, 0.2) is 83.5 Å². The number of rotatable bonds is 5. The number of aromatic hydroxyl groups is 1. The van der Waals surface area contributed by atoms with Crippen LogP contribution < -0.4 is 0 Å². The van der Waals surface area contributed by atoms with Gasteiger partial charge in [-0.3, -0.25) is 0 Å². The minimum atomic E-state index is -0.122. The second-order valence-electron chi connectivity index (χ2n) is 7.91. The SMILES string of the molecule is C=Cc1ccc(Cc2ccc(O)c(C(C)(C)C)c2)c(N=Nc2ccccc2)c1. The van der Waals surface area contributed by atoms with Crippen LogP contribution in [0.1, 0.15) is 43.0 Å². The molecule has 0 fully saturated rings. The van der Waals surface area contributed by atoms with Crippen LogP contribution in [0.25, 0.3) is 6.08 Å². The molecule has 0 radical (unpaired) electrons. The van der Waals surface area contributed by atoms with E-state index in [9.17, 15) is 5.11 Å². The molecule has 0 aliphatic rings. The molecule has 0 amide bonds. The van der Waals surface area contributed by atoms with E-state index in [1.807, 2.05) is 54.6 Å². The van der Waals surface area contributed by atoms with Gasteiger partial charge in [-0.1, -0.05) is 75.9 Å². The zero-order valence-corrected chi connectivity index (χ0v) is 16.7. The summed E-state index contributed by atoms with van der Waals surface area (Å²) in [5, 5.41) is 19.1. The summed E-state index contributed by atoms with van der Waals surface area (Å²) in [5.74, 6) is 0.335. The Labute approximate surface area is 167 Å². The fourth-order valence-electron chi connectivity index (χ4n) is 3.07. The first kappa shape index (κ1) is 19.6. The number of nitrogens with zero attached hydrogens (tertiary/aromatic N) is 2. The molecule has 3 nitrogen and oxygen atoms in total. The highest BCUT2D eigenvalue weighted by atomic mass is 16.3. The van der Waals surface area contributed by atoms with Crippen LogP contribution in [0.3, 0.4) is 0 Å². The van der Waals surface area contributed by atoms with Crippen molar-refractivity contribution in [3.8, 4) is 5.75 Å². The van der Waals surface area contributed by atoms with E-state index in [0.29, 0.717) is 12.2 Å². The lowest BCUT2D eigenvalue weighted by Crippen LogP contribution is -2.11. The molecule has 0 aliphatic carbocycles. The Bertz CT molecular complexity index is 999. The maximum absolute atomic E-state index is 10.2. The molecule has 0 aromatic heterocycles. The molecule has 1 N–H and O–H groups in total. The molecule has 0 saturated carbocycles. The van der Waals surface area contributed by atoms with E-state index < -0.39 is 0 Å². The fraction of sp³-hybridized carbons (Fsp3) is 0.200. The number of hydrogen-bond acceptors (Lipinski definition) is 3. The van der Waals surface area contributed by atoms with Crippen molar-refractivity contribution in [2.24, 2.45) is 10.2 Å². The molecule has 3 rings (SSSR count). The molecule has 3 aromatic carbocycles. The Morgan fingerprint density at radius 3 is 2.36 bits per heavy atom. The van der Waals surface area contributed by atoms with Gasteiger partial charge in [0.15, 0.2) is 0 Å². The van der Waals surface area contributed by atoms with Gasteiger partial charge in [0.25, 0.3) is 0 Å². The Hall–Kier alpha value is -3.20. The van der Waals surface area contributed by atoms with Crippen molar-refractivity contribution in [3.63, 3.8) is 0 Å². The summed E-state index contributed by atoms with van der Waals surface area (Å²) in [4.78, 5) is 0. The van der Waals surface area contributed by atoms with Crippen molar-refractivity contribution in [3.05, 3.63) is 95.6 Å². The topological polar surface area (TPSA) is 45.0 Å². The summed E-state index contributed by atoms with van der Waals surface area (Å²) in [6.45, 7) is 10.2. The first-order valence-electron chi connectivity index (χ1n) is 9.41. The van der Waals surface area contributed by atoms with Crippen LogP contribution in [-0.4, -0.2) is 5.11 Å². The Balaban J connectivity index is 1.96. The van der Waals surface area contributed by atoms with Gasteiger partial charge in [-0.05, 0) is 58.4 Å². The summed E-state index contributed by atoms with van der Waals surface area (Å²) in [6.07, 6.45) is 2.52. The van der Waals surface area contributed by atoms with E-state index in [-0.39, 0.29) is 5.41 Å². The number of phenolic OH excluding ortho intramolecular Hbond substituents is 1. The number of benzene rings is 3. The van der Waals surface area contributed by atoms with E-state index in [2.05, 4.69) is 49.7 Å². The van der Waals surface area contributed by atoms with Crippen molar-refractivity contribution in [2.75, 3.05) is 0 Å². The molecule has 0 bridgehead atoms. The predicted octanol–water partition coefficient (Wildman–Crippen LogP) is 7.34. The zero-order valence-electron chi connectivity index (χ0n) is 16.7. The van der Waals surface area contributed by atoms with Crippen molar-refractivity contribution in [1.29, 1.82) is 0 Å². The molecule has 142 valence electrons. The minimum Gasteiger partial charge on any atom is -0.508 e. The number of azo groups is 1. The number of hydrogen-bond donors (Lipinski definition) is 1. The predicted molar refractivity (Wildman–Crippen MR) is 117 cm³/mol. The first-order valence-corrected chi connectivity index (χ1v) is 9.41. The smallest absolute Gasteiger partial charge is 0.119 e. The summed E-state index contributed by atoms with van der Waals surface area (Å²) in [6, 6.07) is 21.6. The third-order valence-corrected chi connectivity index (χ3v) is 4.64. The van der Waals surface area contributed by atoms with Crippen LogP contribution >= 0.6 is 0 Å². The first-order chi connectivity index (χ1) is 13.4. The molecular weight excluding hydrogens is 344 g/mol. The molecule has 0 saturated heterocycles. The summed E-state index contributed by atoms with van der Waals surface area (Å²) in [7, 11) is 0. The lowest BCUT2D eigenvalue weighted by Gasteiger charge is -2.21. The van der Waals surface area contributed by atoms with Gasteiger partial charge in [-0.25, -0.2) is 0 Å². The van der Waals surface area contributed by atoms with E-state index in [4.69, 9.17) is 0 Å². The third kappa shape index (κ3) is 4.74. The molecular formula is C25H26N2O. The molecule has 3 heteroatoms. The quantitative estimate of drug-likeness (QED) is 0.469. The van der Waals surface area contributed by atoms with Crippen LogP contribution in [0.2, 0.25) is 0 Å². The largest absolute Gasteiger partial charge is 0.508 e. The van der Waals surface area contributed by atoms with E-state index in [0.717, 1.165) is 33.6 Å². The lowest BCUT2D eigenvalue weighted by atomic mass is 9.84. The Morgan fingerprint density at radius 1 is 0.929 bits per heavy atom. The van der Waals surface area contributed by atoms with Crippen LogP contribution in [0.4, 0.5) is 11.4 Å². The monoisotopic (exact) mass is 370 g/mol. The van der Waals surface area contributed by atoms with Gasteiger partial charge in [-0.15, -0.1) is 0 Å². The fourth-order valence-corrected chi connectivity index (χ4v) is 3.07. The van der Waals surface area contributed by atoms with Gasteiger partial charge in [0.2, 0.25) is 0 Å². The van der Waals surface area contributed by atoms with Gasteiger partial charge in [-0.2, -0.15) is 10.2 Å². The van der Waals surface area contributed by atoms with Crippen molar-refractivity contribution in [2.45, 2.75) is 32.6 Å². The second kappa shape index (κ2) is 8.22. The standard InChI is InChI=1S/C25H26N2O/c1-5-18-11-13-20(23(17-18)27-26-21-9-7-6-8-10-21)15-19-12-14-24(28)22(16-19)25(2,3)4/h5-14,16-17,28H,1,15H2,2-4H3. The minimum absolute atomic E-state index is 0.122. The average molecular weight is 370 g/mol. The van der Waals surface area contributed by atoms with Gasteiger partial charge in [0, 0.05) is 0 Å². The van der Waals surface area contributed by atoms with E-state index in [1.165, 1.54) is 0 Å². The summed E-state index contributed by atoms with van der Waals surface area (Å²) < 4.78 is 0. The maximum atomic E-state index is 10.2. The van der Waals surface area contributed by atoms with Crippen molar-refractivity contribution < 1.29 is 5.11 Å². The van der Waals surface area contributed by atoms with Crippen LogP contribution in [-0.2, 0) is 11.8 Å². The van der Waals surface area contributed by atoms with E-state index >= 15 is 0 Å². The van der Waals surface area contributed by atoms with Crippen molar-refractivity contribution >= 4 is 17.5 Å². The molecule has 0 heterocycles. The van der Waals surface area contributed by atoms with Gasteiger partial charge in [0.1, 0.15) is 5.75 Å². The number of phenols is 1. The molecule has 0 atom stereocenters. The normalized spacial score (nSPS) is 11.7. The van der Waals surface area contributed by atoms with Crippen LogP contribution in [0, 0.1) is 0 Å². The van der Waals surface area contributed by atoms with Gasteiger partial charge < -0.3 is 5.11 Å². The van der Waals surface area contributed by atoms with Gasteiger partial charge >= 0.3 is 0 Å². The van der Waals surface area contributed by atoms with Gasteiger partial charge in [0.05, 0.1) is 11.4 Å². The third-order valence-electron chi connectivity index (χ3n) is 4.64. The molecule has 28 heavy (non-hydrogen) atoms. The highest BCUT2D eigenvalue weighted by Gasteiger charge is 2.18. The highest BCUT2D eigenvalue weighted by Crippen LogP contribution is 2.33. The summed E-state index contributed by atoms with van der Waals surface area (Å²) in [5.41, 5.74) is 5.68. The Morgan fingerprint density at radius 2 is 1.68 bits per heavy atom. The molecule has 0 spiro atoms. The van der Waals surface area contributed by atoms with E-state index in [1.54, 1.807) is 6.07 Å². The Kier molecular flexibility index (Phi) is 5.74. The zero-order chi connectivity index (χ0) is 20.1. The van der Waals surface area contributed by atoms with Crippen molar-refractivity contribution in [1.82, 2.24) is 0 Å². The second-order valence-corrected chi connectivity index (χ2v) is 7.91. The average Bonchev–Trinajstić information content (AvgIpc) is 2.68. The lowest BCUT2D eigenvalue weighted by molar-refractivity contribution is 0.446. The van der Waals surface area contributed by atoms with Crippen LogP contribution in [0.5, 0.6) is 5.75 Å². The highest BCUT2D eigenvalue weighted by molar-refractivity contribution is 5.59. The molecule has 0 unspecified atom stereocenters. The summed E-state index contributed by atoms with van der Waals surface area (Å²) >= 11 is 0. The maximum Gasteiger partial charge on any atom is 0.119 e.